The summed E-state index contributed by atoms with van der Waals surface area (Å²) < 4.78 is 24.4. The molecule has 0 saturated heterocycles. The highest BCUT2D eigenvalue weighted by molar-refractivity contribution is 7.91. The van der Waals surface area contributed by atoms with Crippen molar-refractivity contribution >= 4 is 32.2 Å². The van der Waals surface area contributed by atoms with Crippen molar-refractivity contribution in [2.24, 2.45) is 0 Å². The van der Waals surface area contributed by atoms with Crippen LogP contribution in [0.2, 0.25) is 0 Å². The van der Waals surface area contributed by atoms with Crippen molar-refractivity contribution in [3.05, 3.63) is 78.4 Å². The molecule has 0 heterocycles. The van der Waals surface area contributed by atoms with Gasteiger partial charge in [0.25, 0.3) is 0 Å². The van der Waals surface area contributed by atoms with Crippen molar-refractivity contribution in [1.29, 1.82) is 0 Å². The third-order valence-electron chi connectivity index (χ3n) is 3.64. The lowest BCUT2D eigenvalue weighted by Crippen LogP contribution is -2.24. The number of hydrogen-bond donors (Lipinski definition) is 1. The van der Waals surface area contributed by atoms with E-state index < -0.39 is 21.5 Å². The lowest BCUT2D eigenvalue weighted by molar-refractivity contribution is -0.113. The van der Waals surface area contributed by atoms with Crippen LogP contribution in [0.4, 0.5) is 5.69 Å². The Bertz CT molecular complexity index is 961. The molecule has 0 bridgehead atoms. The zero-order valence-electron chi connectivity index (χ0n) is 13.0. The highest BCUT2D eigenvalue weighted by Gasteiger charge is 2.18. The van der Waals surface area contributed by atoms with Crippen molar-refractivity contribution in [3.8, 4) is 0 Å². The van der Waals surface area contributed by atoms with Crippen molar-refractivity contribution < 1.29 is 13.2 Å². The van der Waals surface area contributed by atoms with Gasteiger partial charge < -0.3 is 5.32 Å². The molecule has 24 heavy (non-hydrogen) atoms. The first-order valence-corrected chi connectivity index (χ1v) is 9.38. The normalized spacial score (nSPS) is 11.3. The van der Waals surface area contributed by atoms with Gasteiger partial charge in [0, 0.05) is 11.1 Å². The lowest BCUT2D eigenvalue weighted by Gasteiger charge is -2.09. The Labute approximate surface area is 141 Å². The number of rotatable bonds is 5. The first-order valence-electron chi connectivity index (χ1n) is 7.55. The van der Waals surface area contributed by atoms with Crippen LogP contribution in [0.25, 0.3) is 10.8 Å². The summed E-state index contributed by atoms with van der Waals surface area (Å²) in [5.41, 5.74) is 1.29. The first kappa shape index (κ1) is 16.2. The molecule has 0 fully saturated rings. The molecule has 0 aliphatic rings. The monoisotopic (exact) mass is 339 g/mol. The maximum absolute atomic E-state index is 12.2. The summed E-state index contributed by atoms with van der Waals surface area (Å²) in [4.78, 5) is 12.2. The highest BCUT2D eigenvalue weighted by Crippen LogP contribution is 2.23. The minimum Gasteiger partial charge on any atom is -0.325 e. The van der Waals surface area contributed by atoms with Crippen molar-refractivity contribution in [1.82, 2.24) is 0 Å². The molecule has 122 valence electrons. The zero-order valence-corrected chi connectivity index (χ0v) is 13.8. The van der Waals surface area contributed by atoms with Crippen LogP contribution in [0.15, 0.2) is 72.8 Å². The van der Waals surface area contributed by atoms with Gasteiger partial charge in [-0.2, -0.15) is 0 Å². The fourth-order valence-electron chi connectivity index (χ4n) is 2.60. The zero-order chi connectivity index (χ0) is 17.0. The maximum Gasteiger partial charge on any atom is 0.239 e. The Morgan fingerprint density at radius 1 is 0.833 bits per heavy atom. The van der Waals surface area contributed by atoms with Gasteiger partial charge in [0.2, 0.25) is 5.91 Å². The predicted molar refractivity (Wildman–Crippen MR) is 96.5 cm³/mol. The molecule has 0 spiro atoms. The van der Waals surface area contributed by atoms with Gasteiger partial charge in [-0.25, -0.2) is 8.42 Å². The second-order valence-corrected chi connectivity index (χ2v) is 7.66. The molecule has 0 atom stereocenters. The number of nitrogens with one attached hydrogen (secondary N) is 1. The third kappa shape index (κ3) is 4.00. The van der Waals surface area contributed by atoms with Crippen molar-refractivity contribution in [3.63, 3.8) is 0 Å². The van der Waals surface area contributed by atoms with Crippen LogP contribution in [0.1, 0.15) is 5.56 Å². The van der Waals surface area contributed by atoms with Gasteiger partial charge in [0.15, 0.2) is 9.84 Å². The molecular formula is C19H17NO3S. The van der Waals surface area contributed by atoms with E-state index in [1.165, 1.54) is 0 Å². The average Bonchev–Trinajstić information content (AvgIpc) is 2.55. The molecule has 1 N–H and O–H groups in total. The quantitative estimate of drug-likeness (QED) is 0.775. The molecule has 0 aliphatic heterocycles. The Balaban J connectivity index is 1.73. The summed E-state index contributed by atoms with van der Waals surface area (Å²) >= 11 is 0. The van der Waals surface area contributed by atoms with Gasteiger partial charge in [-0.3, -0.25) is 4.79 Å². The minimum absolute atomic E-state index is 0.142. The molecule has 3 aromatic carbocycles. The first-order chi connectivity index (χ1) is 11.5. The van der Waals surface area contributed by atoms with Crippen LogP contribution in [-0.4, -0.2) is 20.1 Å². The fraction of sp³-hybridized carbons (Fsp3) is 0.105. The number of carbonyl (C=O) groups excluding carboxylic acids is 1. The van der Waals surface area contributed by atoms with Crippen LogP contribution in [0.5, 0.6) is 0 Å². The summed E-state index contributed by atoms with van der Waals surface area (Å²) in [6.07, 6.45) is 0. The maximum atomic E-state index is 12.2. The van der Waals surface area contributed by atoms with E-state index in [1.54, 1.807) is 30.3 Å². The summed E-state index contributed by atoms with van der Waals surface area (Å²) in [6, 6.07) is 22.0. The molecular weight excluding hydrogens is 322 g/mol. The SMILES string of the molecule is O=C(CS(=O)(=O)Cc1ccccc1)Nc1cccc2ccccc12. The van der Waals surface area contributed by atoms with Crippen LogP contribution in [0.3, 0.4) is 0 Å². The summed E-state index contributed by atoms with van der Waals surface area (Å²) in [7, 11) is -3.52. The highest BCUT2D eigenvalue weighted by atomic mass is 32.2. The van der Waals surface area contributed by atoms with Gasteiger partial charge in [-0.15, -0.1) is 0 Å². The molecule has 3 aromatic rings. The molecule has 1 amide bonds. The summed E-state index contributed by atoms with van der Waals surface area (Å²) in [5.74, 6) is -1.20. The second-order valence-electron chi connectivity index (χ2n) is 5.59. The van der Waals surface area contributed by atoms with E-state index in [9.17, 15) is 13.2 Å². The second kappa shape index (κ2) is 6.84. The van der Waals surface area contributed by atoms with E-state index in [1.807, 2.05) is 42.5 Å². The van der Waals surface area contributed by atoms with E-state index in [2.05, 4.69) is 5.32 Å². The van der Waals surface area contributed by atoms with Crippen molar-refractivity contribution in [2.45, 2.75) is 5.75 Å². The predicted octanol–water partition coefficient (Wildman–Crippen LogP) is 3.39. The molecule has 0 aromatic heterocycles. The number of sulfone groups is 1. The van der Waals surface area contributed by atoms with Crippen LogP contribution >= 0.6 is 0 Å². The number of benzene rings is 3. The Morgan fingerprint density at radius 3 is 2.29 bits per heavy atom. The van der Waals surface area contributed by atoms with E-state index in [-0.39, 0.29) is 5.75 Å². The number of fused-ring (bicyclic) bond motifs is 1. The smallest absolute Gasteiger partial charge is 0.239 e. The largest absolute Gasteiger partial charge is 0.325 e. The molecule has 0 aliphatic carbocycles. The van der Waals surface area contributed by atoms with E-state index in [4.69, 9.17) is 0 Å². The summed E-state index contributed by atoms with van der Waals surface area (Å²) in [6.45, 7) is 0. The Kier molecular flexibility index (Phi) is 4.62. The molecule has 0 unspecified atom stereocenters. The number of anilines is 1. The number of hydrogen-bond acceptors (Lipinski definition) is 3. The van der Waals surface area contributed by atoms with Gasteiger partial charge in [-0.05, 0) is 17.0 Å². The Morgan fingerprint density at radius 2 is 1.50 bits per heavy atom. The molecule has 3 rings (SSSR count). The topological polar surface area (TPSA) is 63.2 Å². The molecule has 5 heteroatoms. The van der Waals surface area contributed by atoms with Gasteiger partial charge in [0.1, 0.15) is 5.75 Å². The van der Waals surface area contributed by atoms with Gasteiger partial charge in [0.05, 0.1) is 5.75 Å². The average molecular weight is 339 g/mol. The van der Waals surface area contributed by atoms with E-state index in [0.29, 0.717) is 11.3 Å². The molecule has 0 saturated carbocycles. The van der Waals surface area contributed by atoms with Gasteiger partial charge in [-0.1, -0.05) is 66.7 Å². The summed E-state index contributed by atoms with van der Waals surface area (Å²) in [5, 5.41) is 4.58. The lowest BCUT2D eigenvalue weighted by atomic mass is 10.1. The van der Waals surface area contributed by atoms with Crippen LogP contribution in [0, 0.1) is 0 Å². The van der Waals surface area contributed by atoms with E-state index >= 15 is 0 Å². The fourth-order valence-corrected chi connectivity index (χ4v) is 3.87. The van der Waals surface area contributed by atoms with Crippen molar-refractivity contribution in [2.75, 3.05) is 11.1 Å². The van der Waals surface area contributed by atoms with Crippen LogP contribution in [-0.2, 0) is 20.4 Å². The molecule has 0 radical (unpaired) electrons. The standard InChI is InChI=1S/C19H17NO3S/c21-19(14-24(22,23)13-15-7-2-1-3-8-15)20-18-12-6-10-16-9-4-5-11-17(16)18/h1-12H,13-14H2,(H,20,21). The number of carbonyl (C=O) groups is 1. The van der Waals surface area contributed by atoms with Gasteiger partial charge >= 0.3 is 0 Å². The Hall–Kier alpha value is -2.66. The molecule has 4 nitrogen and oxygen atoms in total. The van der Waals surface area contributed by atoms with Crippen LogP contribution < -0.4 is 5.32 Å². The number of amides is 1. The minimum atomic E-state index is -3.52. The third-order valence-corrected chi connectivity index (χ3v) is 5.12. The van der Waals surface area contributed by atoms with E-state index in [0.717, 1.165) is 10.8 Å².